The summed E-state index contributed by atoms with van der Waals surface area (Å²) in [6, 6.07) is 0. The maximum Gasteiger partial charge on any atom is 0.233 e. The van der Waals surface area contributed by atoms with Gasteiger partial charge in [0.2, 0.25) is 15.9 Å². The summed E-state index contributed by atoms with van der Waals surface area (Å²) >= 11 is 5.12. The molecule has 0 saturated heterocycles. The van der Waals surface area contributed by atoms with Crippen LogP contribution in [0.5, 0.6) is 0 Å². The number of carbonyl (C=O) groups excluding carboxylic acids is 1. The SMILES string of the molecule is CCNS(=O)(=O)CCNC(=O)C1(C(N)=S)CCCCCC1. The third kappa shape index (κ3) is 5.19. The highest BCUT2D eigenvalue weighted by Crippen LogP contribution is 2.35. The molecule has 1 aliphatic carbocycles. The van der Waals surface area contributed by atoms with Crippen molar-refractivity contribution in [2.45, 2.75) is 45.4 Å². The van der Waals surface area contributed by atoms with Gasteiger partial charge in [-0.15, -0.1) is 0 Å². The Morgan fingerprint density at radius 1 is 1.24 bits per heavy atom. The lowest BCUT2D eigenvalue weighted by Gasteiger charge is -2.30. The number of amides is 1. The maximum absolute atomic E-state index is 12.5. The van der Waals surface area contributed by atoms with Crippen LogP contribution in [0.25, 0.3) is 0 Å². The fourth-order valence-corrected chi connectivity index (χ4v) is 3.93. The Balaban J connectivity index is 2.64. The fraction of sp³-hybridized carbons (Fsp3) is 0.846. The molecular weight excluding hydrogens is 310 g/mol. The standard InChI is InChI=1S/C13H25N3O3S2/c1-2-16-21(18,19)10-9-15-12(17)13(11(14)20)7-5-3-4-6-8-13/h16H,2-10H2,1H3,(H2,14,20)(H,15,17). The molecule has 21 heavy (non-hydrogen) atoms. The van der Waals surface area contributed by atoms with E-state index >= 15 is 0 Å². The van der Waals surface area contributed by atoms with E-state index in [0.29, 0.717) is 19.4 Å². The molecule has 0 unspecified atom stereocenters. The third-order valence-electron chi connectivity index (χ3n) is 3.88. The van der Waals surface area contributed by atoms with Gasteiger partial charge < -0.3 is 11.1 Å². The first kappa shape index (κ1) is 18.3. The lowest BCUT2D eigenvalue weighted by atomic mass is 9.79. The van der Waals surface area contributed by atoms with Crippen molar-refractivity contribution in [3.63, 3.8) is 0 Å². The van der Waals surface area contributed by atoms with Crippen molar-refractivity contribution in [2.24, 2.45) is 11.1 Å². The van der Waals surface area contributed by atoms with Crippen LogP contribution in [-0.4, -0.2) is 38.2 Å². The molecule has 0 heterocycles. The average Bonchev–Trinajstić information content (AvgIpc) is 2.64. The van der Waals surface area contributed by atoms with Crippen molar-refractivity contribution in [3.8, 4) is 0 Å². The molecule has 0 spiro atoms. The van der Waals surface area contributed by atoms with Gasteiger partial charge in [-0.2, -0.15) is 0 Å². The van der Waals surface area contributed by atoms with E-state index in [1.54, 1.807) is 6.92 Å². The Morgan fingerprint density at radius 2 is 1.81 bits per heavy atom. The molecule has 0 bridgehead atoms. The molecule has 0 aromatic rings. The quantitative estimate of drug-likeness (QED) is 0.469. The maximum atomic E-state index is 12.5. The zero-order chi connectivity index (χ0) is 15.9. The number of hydrogen-bond acceptors (Lipinski definition) is 4. The summed E-state index contributed by atoms with van der Waals surface area (Å²) in [4.78, 5) is 12.7. The van der Waals surface area contributed by atoms with Crippen LogP contribution < -0.4 is 15.8 Å². The van der Waals surface area contributed by atoms with E-state index in [4.69, 9.17) is 18.0 Å². The lowest BCUT2D eigenvalue weighted by Crippen LogP contribution is -2.49. The van der Waals surface area contributed by atoms with Gasteiger partial charge in [-0.25, -0.2) is 13.1 Å². The topological polar surface area (TPSA) is 101 Å². The summed E-state index contributed by atoms with van der Waals surface area (Å²) < 4.78 is 25.5. The molecule has 0 aliphatic heterocycles. The van der Waals surface area contributed by atoms with Gasteiger partial charge in [0.1, 0.15) is 0 Å². The Morgan fingerprint density at radius 3 is 2.29 bits per heavy atom. The normalized spacial score (nSPS) is 18.7. The molecule has 6 nitrogen and oxygen atoms in total. The van der Waals surface area contributed by atoms with E-state index in [9.17, 15) is 13.2 Å². The molecule has 0 radical (unpaired) electrons. The minimum absolute atomic E-state index is 0.0680. The van der Waals surface area contributed by atoms with Crippen molar-refractivity contribution in [3.05, 3.63) is 0 Å². The lowest BCUT2D eigenvalue weighted by molar-refractivity contribution is -0.127. The monoisotopic (exact) mass is 335 g/mol. The first-order chi connectivity index (χ1) is 9.84. The van der Waals surface area contributed by atoms with Crippen LogP contribution in [0.1, 0.15) is 45.4 Å². The second-order valence-corrected chi connectivity index (χ2v) is 7.80. The minimum Gasteiger partial charge on any atom is -0.392 e. The van der Waals surface area contributed by atoms with Gasteiger partial charge in [0.15, 0.2) is 0 Å². The van der Waals surface area contributed by atoms with Gasteiger partial charge in [0, 0.05) is 13.1 Å². The summed E-state index contributed by atoms with van der Waals surface area (Å²) in [5, 5.41) is 2.69. The molecule has 0 aromatic carbocycles. The van der Waals surface area contributed by atoms with Gasteiger partial charge in [-0.3, -0.25) is 4.79 Å². The molecule has 1 amide bonds. The van der Waals surface area contributed by atoms with Crippen LogP contribution >= 0.6 is 12.2 Å². The summed E-state index contributed by atoms with van der Waals surface area (Å²) in [7, 11) is -3.33. The highest BCUT2D eigenvalue weighted by Gasteiger charge is 2.41. The predicted octanol–water partition coefficient (Wildman–Crippen LogP) is 0.669. The Kier molecular flexibility index (Phi) is 7.02. The van der Waals surface area contributed by atoms with Crippen molar-refractivity contribution in [2.75, 3.05) is 18.8 Å². The largest absolute Gasteiger partial charge is 0.392 e. The van der Waals surface area contributed by atoms with Crippen LogP contribution in [-0.2, 0) is 14.8 Å². The van der Waals surface area contributed by atoms with Crippen LogP contribution in [0.4, 0.5) is 0 Å². The summed E-state index contributed by atoms with van der Waals surface area (Å²) in [6.45, 7) is 2.12. The first-order valence-corrected chi connectivity index (χ1v) is 9.45. The molecule has 1 saturated carbocycles. The van der Waals surface area contributed by atoms with Crippen molar-refractivity contribution >= 4 is 33.1 Å². The highest BCUT2D eigenvalue weighted by atomic mass is 32.2. The number of nitrogens with two attached hydrogens (primary N) is 1. The van der Waals surface area contributed by atoms with Gasteiger partial charge >= 0.3 is 0 Å². The number of sulfonamides is 1. The Hall–Kier alpha value is -0.730. The number of nitrogens with one attached hydrogen (secondary N) is 2. The number of rotatable bonds is 7. The number of hydrogen-bond donors (Lipinski definition) is 3. The molecule has 0 aromatic heterocycles. The Labute approximate surface area is 132 Å². The van der Waals surface area contributed by atoms with Gasteiger partial charge in [0.25, 0.3) is 0 Å². The summed E-state index contributed by atoms with van der Waals surface area (Å²) in [6.07, 6.45) is 5.28. The molecule has 122 valence electrons. The number of carbonyl (C=O) groups is 1. The van der Waals surface area contributed by atoms with E-state index in [1.807, 2.05) is 0 Å². The van der Waals surface area contributed by atoms with E-state index in [1.165, 1.54) is 0 Å². The second kappa shape index (κ2) is 8.05. The first-order valence-electron chi connectivity index (χ1n) is 7.39. The zero-order valence-corrected chi connectivity index (χ0v) is 14.1. The third-order valence-corrected chi connectivity index (χ3v) is 5.74. The number of thiocarbonyl (C=S) groups is 1. The van der Waals surface area contributed by atoms with E-state index in [-0.39, 0.29) is 23.2 Å². The fourth-order valence-electron chi connectivity index (χ4n) is 2.68. The molecule has 0 atom stereocenters. The van der Waals surface area contributed by atoms with Crippen molar-refractivity contribution < 1.29 is 13.2 Å². The van der Waals surface area contributed by atoms with E-state index in [2.05, 4.69) is 10.0 Å². The average molecular weight is 335 g/mol. The summed E-state index contributed by atoms with van der Waals surface area (Å²) in [5.74, 6) is -0.372. The minimum atomic E-state index is -3.33. The van der Waals surface area contributed by atoms with Gasteiger partial charge in [-0.05, 0) is 12.8 Å². The van der Waals surface area contributed by atoms with Gasteiger partial charge in [-0.1, -0.05) is 44.8 Å². The Bertz CT molecular complexity index is 469. The van der Waals surface area contributed by atoms with Crippen molar-refractivity contribution in [1.29, 1.82) is 0 Å². The van der Waals surface area contributed by atoms with Crippen LogP contribution in [0, 0.1) is 5.41 Å². The molecule has 8 heteroatoms. The molecule has 4 N–H and O–H groups in total. The molecular formula is C13H25N3O3S2. The van der Waals surface area contributed by atoms with E-state index in [0.717, 1.165) is 25.7 Å². The molecule has 1 rings (SSSR count). The van der Waals surface area contributed by atoms with Crippen molar-refractivity contribution in [1.82, 2.24) is 10.0 Å². The van der Waals surface area contributed by atoms with E-state index < -0.39 is 15.4 Å². The van der Waals surface area contributed by atoms with Crippen LogP contribution in [0.3, 0.4) is 0 Å². The predicted molar refractivity (Wildman–Crippen MR) is 87.4 cm³/mol. The second-order valence-electron chi connectivity index (χ2n) is 5.43. The smallest absolute Gasteiger partial charge is 0.233 e. The highest BCUT2D eigenvalue weighted by molar-refractivity contribution is 7.89. The zero-order valence-electron chi connectivity index (χ0n) is 12.5. The van der Waals surface area contributed by atoms with Crippen LogP contribution in [0.2, 0.25) is 0 Å². The molecule has 1 aliphatic rings. The van der Waals surface area contributed by atoms with Gasteiger partial charge in [0.05, 0.1) is 16.2 Å². The summed E-state index contributed by atoms with van der Waals surface area (Å²) in [5.41, 5.74) is 5.01. The van der Waals surface area contributed by atoms with Crippen LogP contribution in [0.15, 0.2) is 0 Å². The molecule has 1 fully saturated rings.